The Balaban J connectivity index is 0.000000444. The van der Waals surface area contributed by atoms with E-state index in [0.29, 0.717) is 95.7 Å². The molecule has 0 aromatic rings. The molecule has 0 saturated carbocycles. The monoisotopic (exact) mass is 823 g/mol. The van der Waals surface area contributed by atoms with Crippen LogP contribution in [0.5, 0.6) is 0 Å². The first-order chi connectivity index (χ1) is 27.6. The van der Waals surface area contributed by atoms with Crippen molar-refractivity contribution in [3.05, 3.63) is 69.9 Å². The lowest BCUT2D eigenvalue weighted by atomic mass is 10.2. The van der Waals surface area contributed by atoms with Gasteiger partial charge in [-0.15, -0.1) is 0 Å². The van der Waals surface area contributed by atoms with Crippen LogP contribution in [-0.4, -0.2) is 108 Å². The molecule has 0 aromatic heterocycles. The fraction of sp³-hybridized carbons (Fsp3) is 0.523. The molecule has 0 bridgehead atoms. The van der Waals surface area contributed by atoms with Crippen LogP contribution in [0.3, 0.4) is 0 Å². The minimum atomic E-state index is -0.459. The van der Waals surface area contributed by atoms with E-state index in [9.17, 15) is 43.2 Å². The maximum atomic E-state index is 11.8. The second-order valence-electron chi connectivity index (χ2n) is 14.6. The molecule has 59 heavy (non-hydrogen) atoms. The lowest BCUT2D eigenvalue weighted by Gasteiger charge is -2.14. The van der Waals surface area contributed by atoms with Crippen molar-refractivity contribution in [2.45, 2.75) is 114 Å². The van der Waals surface area contributed by atoms with Crippen LogP contribution in [0.4, 0.5) is 0 Å². The predicted molar refractivity (Wildman–Crippen MR) is 220 cm³/mol. The van der Waals surface area contributed by atoms with Crippen molar-refractivity contribution >= 4 is 53.4 Å². The zero-order valence-electron chi connectivity index (χ0n) is 36.3. The lowest BCUT2D eigenvalue weighted by Crippen LogP contribution is -2.33. The molecule has 0 atom stereocenters. The molecular weight excluding hydrogens is 762 g/mol. The van der Waals surface area contributed by atoms with Crippen molar-refractivity contribution < 1.29 is 57.4 Å². The van der Waals surface area contributed by atoms with E-state index in [1.165, 1.54) is 14.7 Å². The molecule has 3 heterocycles. The Hall–Kier alpha value is -5.73. The number of amides is 6. The molecule has 0 spiro atoms. The van der Waals surface area contributed by atoms with Crippen LogP contribution in [0.15, 0.2) is 69.9 Å². The SMILES string of the molecule is C=C(C)C(=O)OCCCCCCN1C(=O)C(C)=C(C)C1=O.C=C(C)C(=O)OCCCCCN1C(=O)C(C)=C(C)C1=O.C=C(C)C(=O)OCCCN1C(=O)C(C)=C(C)C1=O. The summed E-state index contributed by atoms with van der Waals surface area (Å²) in [5, 5.41) is 0. The molecule has 3 aliphatic rings. The van der Waals surface area contributed by atoms with Gasteiger partial charge in [0.1, 0.15) is 0 Å². The maximum Gasteiger partial charge on any atom is 0.333 e. The van der Waals surface area contributed by atoms with Gasteiger partial charge < -0.3 is 14.2 Å². The quantitative estimate of drug-likeness (QED) is 0.0490. The summed E-state index contributed by atoms with van der Waals surface area (Å²) in [6.07, 6.45) is 5.97. The van der Waals surface area contributed by atoms with Crippen LogP contribution in [0.2, 0.25) is 0 Å². The van der Waals surface area contributed by atoms with E-state index in [1.54, 1.807) is 62.3 Å². The molecular formula is C44H61N3O12. The summed E-state index contributed by atoms with van der Waals surface area (Å²) in [6.45, 7) is 27.2. The van der Waals surface area contributed by atoms with Crippen LogP contribution in [0, 0.1) is 0 Å². The maximum absolute atomic E-state index is 11.8. The molecule has 0 N–H and O–H groups in total. The summed E-state index contributed by atoms with van der Waals surface area (Å²) in [7, 11) is 0. The molecule has 3 rings (SSSR count). The second kappa shape index (κ2) is 24.9. The fourth-order valence-corrected chi connectivity index (χ4v) is 5.42. The largest absolute Gasteiger partial charge is 0.462 e. The molecule has 0 saturated heterocycles. The second-order valence-corrected chi connectivity index (χ2v) is 14.6. The van der Waals surface area contributed by atoms with Crippen LogP contribution in [0.1, 0.15) is 114 Å². The molecule has 6 amide bonds. The zero-order valence-corrected chi connectivity index (χ0v) is 36.3. The summed E-state index contributed by atoms with van der Waals surface area (Å²) < 4.78 is 14.8. The van der Waals surface area contributed by atoms with Crippen molar-refractivity contribution in [1.29, 1.82) is 0 Å². The third kappa shape index (κ3) is 15.5. The number of carbonyl (C=O) groups is 9. The Kier molecular flexibility index (Phi) is 21.7. The summed E-state index contributed by atoms with van der Waals surface area (Å²) in [4.78, 5) is 108. The number of ether oxygens (including phenoxy) is 3. The first-order valence-electron chi connectivity index (χ1n) is 19.7. The normalized spacial score (nSPS) is 15.1. The van der Waals surface area contributed by atoms with Crippen LogP contribution in [-0.2, 0) is 57.4 Å². The molecule has 15 nitrogen and oxygen atoms in total. The number of esters is 3. The molecule has 15 heteroatoms. The van der Waals surface area contributed by atoms with E-state index in [1.807, 2.05) is 0 Å². The molecule has 0 aliphatic carbocycles. The highest BCUT2D eigenvalue weighted by Crippen LogP contribution is 2.22. The van der Waals surface area contributed by atoms with Crippen molar-refractivity contribution in [3.63, 3.8) is 0 Å². The highest BCUT2D eigenvalue weighted by Gasteiger charge is 2.34. The van der Waals surface area contributed by atoms with Gasteiger partial charge in [-0.05, 0) is 107 Å². The van der Waals surface area contributed by atoms with E-state index in [2.05, 4.69) is 19.7 Å². The molecule has 324 valence electrons. The Morgan fingerprint density at radius 3 is 0.831 bits per heavy atom. The first kappa shape index (κ1) is 51.3. The Bertz CT molecular complexity index is 1760. The third-order valence-corrected chi connectivity index (χ3v) is 9.66. The summed E-state index contributed by atoms with van der Waals surface area (Å²) in [6, 6.07) is 0. The molecule has 0 radical (unpaired) electrons. The molecule has 0 unspecified atom stereocenters. The summed E-state index contributed by atoms with van der Waals surface area (Å²) in [5.74, 6) is -2.46. The molecule has 0 aromatic carbocycles. The Morgan fingerprint density at radius 1 is 0.373 bits per heavy atom. The van der Waals surface area contributed by atoms with E-state index in [4.69, 9.17) is 14.2 Å². The van der Waals surface area contributed by atoms with Gasteiger partial charge in [-0.25, -0.2) is 14.4 Å². The minimum Gasteiger partial charge on any atom is -0.462 e. The Morgan fingerprint density at radius 2 is 0.576 bits per heavy atom. The van der Waals surface area contributed by atoms with Gasteiger partial charge in [0.2, 0.25) is 0 Å². The number of nitrogens with zero attached hydrogens (tertiary/aromatic N) is 3. The van der Waals surface area contributed by atoms with Crippen LogP contribution >= 0.6 is 0 Å². The number of hydrogen-bond acceptors (Lipinski definition) is 12. The average molecular weight is 824 g/mol. The van der Waals surface area contributed by atoms with Crippen LogP contribution < -0.4 is 0 Å². The average Bonchev–Trinajstić information content (AvgIpc) is 3.59. The van der Waals surface area contributed by atoms with E-state index < -0.39 is 5.97 Å². The van der Waals surface area contributed by atoms with Gasteiger partial charge in [0.05, 0.1) is 19.8 Å². The van der Waals surface area contributed by atoms with E-state index >= 15 is 0 Å². The number of rotatable bonds is 20. The van der Waals surface area contributed by atoms with Gasteiger partial charge >= 0.3 is 17.9 Å². The lowest BCUT2D eigenvalue weighted by molar-refractivity contribution is -0.141. The Labute approximate surface area is 347 Å². The fourth-order valence-electron chi connectivity index (χ4n) is 5.42. The highest BCUT2D eigenvalue weighted by molar-refractivity contribution is 6.20. The van der Waals surface area contributed by atoms with Crippen LogP contribution in [0.25, 0.3) is 0 Å². The molecule has 3 aliphatic heterocycles. The van der Waals surface area contributed by atoms with Crippen molar-refractivity contribution in [3.8, 4) is 0 Å². The number of hydrogen-bond donors (Lipinski definition) is 0. The van der Waals surface area contributed by atoms with Crippen molar-refractivity contribution in [1.82, 2.24) is 14.7 Å². The zero-order chi connectivity index (χ0) is 45.1. The summed E-state index contributed by atoms with van der Waals surface area (Å²) >= 11 is 0. The van der Waals surface area contributed by atoms with Gasteiger partial charge in [0.25, 0.3) is 35.4 Å². The van der Waals surface area contributed by atoms with Gasteiger partial charge in [-0.3, -0.25) is 43.5 Å². The van der Waals surface area contributed by atoms with Gasteiger partial charge in [0, 0.05) is 69.8 Å². The minimum absolute atomic E-state index is 0.168. The van der Waals surface area contributed by atoms with Crippen molar-refractivity contribution in [2.24, 2.45) is 0 Å². The van der Waals surface area contributed by atoms with Gasteiger partial charge in [-0.1, -0.05) is 26.2 Å². The molecule has 0 fully saturated rings. The number of unbranched alkanes of at least 4 members (excludes halogenated alkanes) is 5. The highest BCUT2D eigenvalue weighted by atomic mass is 16.5. The summed E-state index contributed by atoms with van der Waals surface area (Å²) in [5.41, 5.74) is 4.25. The first-order valence-corrected chi connectivity index (χ1v) is 19.7. The standard InChI is InChI=1S/C16H23NO4.C15H21NO4.C13H17NO4/c1-11(2)16(20)21-10-8-6-5-7-9-17-14(18)12(3)13(4)15(17)19;1-10(2)15(19)20-9-7-5-6-8-16-13(17)11(3)12(4)14(16)18;1-8(2)13(17)18-7-5-6-14-11(15)9(3)10(4)12(14)16/h1,5-10H2,2-4H3;1,5-9H2,2-4H3;1,5-7H2,2-4H3. The van der Waals surface area contributed by atoms with E-state index in [0.717, 1.165) is 32.1 Å². The predicted octanol–water partition coefficient (Wildman–Crippen LogP) is 5.55. The van der Waals surface area contributed by atoms with E-state index in [-0.39, 0.29) is 60.5 Å². The third-order valence-electron chi connectivity index (χ3n) is 9.66. The van der Waals surface area contributed by atoms with Gasteiger partial charge in [-0.2, -0.15) is 0 Å². The number of imide groups is 3. The smallest absolute Gasteiger partial charge is 0.333 e. The number of carbonyl (C=O) groups excluding carboxylic acids is 9. The topological polar surface area (TPSA) is 191 Å². The van der Waals surface area contributed by atoms with Crippen molar-refractivity contribution in [2.75, 3.05) is 39.5 Å². The van der Waals surface area contributed by atoms with Gasteiger partial charge in [0.15, 0.2) is 0 Å².